The molecule has 0 saturated carbocycles. The maximum Gasteiger partial charge on any atom is 0.251 e. The molecule has 1 amide bonds. The number of nitrogens with one attached hydrogen (secondary N) is 1. The van der Waals surface area contributed by atoms with Crippen LogP contribution in [0, 0.1) is 0 Å². The molecule has 2 aromatic carbocycles. The summed E-state index contributed by atoms with van der Waals surface area (Å²) >= 11 is 0. The molecule has 1 fully saturated rings. The Kier molecular flexibility index (Phi) is 6.68. The van der Waals surface area contributed by atoms with E-state index >= 15 is 0 Å². The quantitative estimate of drug-likeness (QED) is 0.644. The molecule has 0 aliphatic carbocycles. The number of fused-ring (bicyclic) bond motifs is 1. The SMILES string of the molecule is COCCS(=O)(=O)c1ccc(C(=O)NCC2(c3ccc4c(c3)OCO4)CCOCC2)cc1. The topological polar surface area (TPSA) is 100 Å². The zero-order chi connectivity index (χ0) is 22.6. The highest BCUT2D eigenvalue weighted by Crippen LogP contribution is 2.40. The molecule has 2 aromatic rings. The van der Waals surface area contributed by atoms with Crippen LogP contribution in [0.3, 0.4) is 0 Å². The van der Waals surface area contributed by atoms with Crippen molar-refractivity contribution in [1.82, 2.24) is 5.32 Å². The molecule has 2 heterocycles. The maximum atomic E-state index is 12.8. The van der Waals surface area contributed by atoms with Crippen molar-refractivity contribution in [3.05, 3.63) is 53.6 Å². The van der Waals surface area contributed by atoms with Crippen molar-refractivity contribution in [2.75, 3.05) is 46.0 Å². The number of carbonyl (C=O) groups excluding carboxylic acids is 1. The highest BCUT2D eigenvalue weighted by atomic mass is 32.2. The van der Waals surface area contributed by atoms with E-state index in [4.69, 9.17) is 18.9 Å². The Labute approximate surface area is 187 Å². The minimum absolute atomic E-state index is 0.102. The molecule has 1 N–H and O–H groups in total. The third kappa shape index (κ3) is 4.74. The molecule has 2 aliphatic heterocycles. The predicted octanol–water partition coefficient (Wildman–Crippen LogP) is 2.31. The van der Waals surface area contributed by atoms with Gasteiger partial charge in [0.15, 0.2) is 21.3 Å². The Morgan fingerprint density at radius 2 is 1.78 bits per heavy atom. The molecule has 0 aromatic heterocycles. The third-order valence-corrected chi connectivity index (χ3v) is 7.75. The average molecular weight is 462 g/mol. The summed E-state index contributed by atoms with van der Waals surface area (Å²) in [5, 5.41) is 3.03. The van der Waals surface area contributed by atoms with Gasteiger partial charge < -0.3 is 24.3 Å². The van der Waals surface area contributed by atoms with Crippen LogP contribution in [0.1, 0.15) is 28.8 Å². The number of rotatable bonds is 8. The van der Waals surface area contributed by atoms with Crippen molar-refractivity contribution in [3.8, 4) is 11.5 Å². The van der Waals surface area contributed by atoms with Gasteiger partial charge in [0, 0.05) is 37.8 Å². The first kappa shape index (κ1) is 22.6. The number of sulfone groups is 1. The van der Waals surface area contributed by atoms with Crippen molar-refractivity contribution in [1.29, 1.82) is 0 Å². The molecule has 0 unspecified atom stereocenters. The fraction of sp³-hybridized carbons (Fsp3) is 0.435. The van der Waals surface area contributed by atoms with E-state index in [0.29, 0.717) is 31.1 Å². The zero-order valence-corrected chi connectivity index (χ0v) is 18.8. The molecule has 0 bridgehead atoms. The smallest absolute Gasteiger partial charge is 0.251 e. The minimum atomic E-state index is -3.44. The summed E-state index contributed by atoms with van der Waals surface area (Å²) in [5.74, 6) is 1.08. The van der Waals surface area contributed by atoms with E-state index < -0.39 is 9.84 Å². The van der Waals surface area contributed by atoms with Gasteiger partial charge in [-0.15, -0.1) is 0 Å². The van der Waals surface area contributed by atoms with E-state index in [-0.39, 0.29) is 35.4 Å². The van der Waals surface area contributed by atoms with Crippen molar-refractivity contribution < 1.29 is 32.2 Å². The number of carbonyl (C=O) groups is 1. The molecular formula is C23H27NO7S. The summed E-state index contributed by atoms with van der Waals surface area (Å²) in [4.78, 5) is 13.0. The summed E-state index contributed by atoms with van der Waals surface area (Å²) in [6, 6.07) is 11.9. The van der Waals surface area contributed by atoms with E-state index in [9.17, 15) is 13.2 Å². The number of hydrogen-bond donors (Lipinski definition) is 1. The van der Waals surface area contributed by atoms with Gasteiger partial charge in [-0.05, 0) is 54.8 Å². The molecule has 2 aliphatic rings. The normalized spacial score (nSPS) is 17.2. The zero-order valence-electron chi connectivity index (χ0n) is 18.0. The number of benzene rings is 2. The number of methoxy groups -OCH3 is 1. The van der Waals surface area contributed by atoms with Crippen LogP contribution in [0.5, 0.6) is 11.5 Å². The lowest BCUT2D eigenvalue weighted by Gasteiger charge is -2.38. The second-order valence-electron chi connectivity index (χ2n) is 7.98. The van der Waals surface area contributed by atoms with Gasteiger partial charge in [-0.25, -0.2) is 8.42 Å². The predicted molar refractivity (Wildman–Crippen MR) is 117 cm³/mol. The van der Waals surface area contributed by atoms with Gasteiger partial charge in [0.25, 0.3) is 5.91 Å². The summed E-state index contributed by atoms with van der Waals surface area (Å²) in [6.07, 6.45) is 1.53. The first-order chi connectivity index (χ1) is 15.4. The molecular weight excluding hydrogens is 434 g/mol. The fourth-order valence-electron chi connectivity index (χ4n) is 4.03. The third-order valence-electron chi connectivity index (χ3n) is 6.05. The number of ether oxygens (including phenoxy) is 4. The average Bonchev–Trinajstić information content (AvgIpc) is 3.30. The monoisotopic (exact) mass is 461 g/mol. The van der Waals surface area contributed by atoms with E-state index in [2.05, 4.69) is 5.32 Å². The van der Waals surface area contributed by atoms with Gasteiger partial charge in [0.05, 0.1) is 17.3 Å². The van der Waals surface area contributed by atoms with Crippen LogP contribution in [0.2, 0.25) is 0 Å². The Morgan fingerprint density at radius 1 is 1.06 bits per heavy atom. The molecule has 32 heavy (non-hydrogen) atoms. The summed E-state index contributed by atoms with van der Waals surface area (Å²) < 4.78 is 45.9. The van der Waals surface area contributed by atoms with Crippen molar-refractivity contribution in [2.45, 2.75) is 23.2 Å². The molecule has 0 spiro atoms. The molecule has 4 rings (SSSR count). The van der Waals surface area contributed by atoms with Crippen molar-refractivity contribution >= 4 is 15.7 Å². The highest BCUT2D eigenvalue weighted by molar-refractivity contribution is 7.91. The van der Waals surface area contributed by atoms with Gasteiger partial charge in [-0.1, -0.05) is 6.07 Å². The van der Waals surface area contributed by atoms with Crippen LogP contribution in [-0.4, -0.2) is 60.3 Å². The van der Waals surface area contributed by atoms with Gasteiger partial charge >= 0.3 is 0 Å². The number of amides is 1. The Balaban J connectivity index is 1.47. The molecule has 172 valence electrons. The lowest BCUT2D eigenvalue weighted by molar-refractivity contribution is 0.0486. The van der Waals surface area contributed by atoms with Crippen LogP contribution in [0.25, 0.3) is 0 Å². The van der Waals surface area contributed by atoms with Crippen LogP contribution in [-0.2, 0) is 24.7 Å². The van der Waals surface area contributed by atoms with E-state index in [1.54, 1.807) is 0 Å². The van der Waals surface area contributed by atoms with Gasteiger partial charge in [0.2, 0.25) is 6.79 Å². The largest absolute Gasteiger partial charge is 0.454 e. The Morgan fingerprint density at radius 3 is 2.50 bits per heavy atom. The second kappa shape index (κ2) is 9.48. The van der Waals surface area contributed by atoms with Crippen molar-refractivity contribution in [2.24, 2.45) is 0 Å². The first-order valence-electron chi connectivity index (χ1n) is 10.5. The van der Waals surface area contributed by atoms with E-state index in [1.807, 2.05) is 18.2 Å². The molecule has 1 saturated heterocycles. The second-order valence-corrected chi connectivity index (χ2v) is 10.1. The molecule has 0 radical (unpaired) electrons. The van der Waals surface area contributed by atoms with Gasteiger partial charge in [-0.3, -0.25) is 4.79 Å². The van der Waals surface area contributed by atoms with Gasteiger partial charge in [-0.2, -0.15) is 0 Å². The summed E-state index contributed by atoms with van der Waals surface area (Å²) in [7, 11) is -1.98. The molecule has 9 heteroatoms. The molecule has 8 nitrogen and oxygen atoms in total. The number of hydrogen-bond acceptors (Lipinski definition) is 7. The Bertz CT molecular complexity index is 1060. The minimum Gasteiger partial charge on any atom is -0.454 e. The maximum absolute atomic E-state index is 12.8. The van der Waals surface area contributed by atoms with Crippen LogP contribution in [0.15, 0.2) is 47.4 Å². The highest BCUT2D eigenvalue weighted by Gasteiger charge is 2.36. The Hall–Kier alpha value is -2.62. The van der Waals surface area contributed by atoms with Crippen molar-refractivity contribution in [3.63, 3.8) is 0 Å². The van der Waals surface area contributed by atoms with Crippen LogP contribution < -0.4 is 14.8 Å². The summed E-state index contributed by atoms with van der Waals surface area (Å²) in [5.41, 5.74) is 1.20. The van der Waals surface area contributed by atoms with E-state index in [0.717, 1.165) is 24.2 Å². The standard InChI is InChI=1S/C23H27NO7S/c1-28-12-13-32(26,27)19-5-2-17(3-6-19)22(25)24-15-23(8-10-29-11-9-23)18-4-7-20-21(14-18)31-16-30-20/h2-7,14H,8-13,15-16H2,1H3,(H,24,25). The first-order valence-corrected chi connectivity index (χ1v) is 12.2. The lowest BCUT2D eigenvalue weighted by Crippen LogP contribution is -2.44. The summed E-state index contributed by atoms with van der Waals surface area (Å²) in [6.45, 7) is 1.98. The van der Waals surface area contributed by atoms with Crippen LogP contribution in [0.4, 0.5) is 0 Å². The molecule has 0 atom stereocenters. The fourth-order valence-corrected chi connectivity index (χ4v) is 5.20. The lowest BCUT2D eigenvalue weighted by atomic mass is 9.74. The van der Waals surface area contributed by atoms with Gasteiger partial charge in [0.1, 0.15) is 0 Å². The van der Waals surface area contributed by atoms with Crippen LogP contribution >= 0.6 is 0 Å². The van der Waals surface area contributed by atoms with E-state index in [1.165, 1.54) is 31.4 Å².